The second kappa shape index (κ2) is 6.39. The van der Waals surface area contributed by atoms with E-state index in [9.17, 15) is 13.2 Å². The third-order valence-electron chi connectivity index (χ3n) is 2.32. The van der Waals surface area contributed by atoms with Gasteiger partial charge in [-0.25, -0.2) is 13.1 Å². The lowest BCUT2D eigenvalue weighted by atomic mass is 10.1. The van der Waals surface area contributed by atoms with Gasteiger partial charge in [0.25, 0.3) is 5.91 Å². The van der Waals surface area contributed by atoms with E-state index in [1.54, 1.807) is 12.1 Å². The van der Waals surface area contributed by atoms with Crippen LogP contribution in [0.15, 0.2) is 18.2 Å². The van der Waals surface area contributed by atoms with Crippen LogP contribution in [0.5, 0.6) is 0 Å². The molecule has 1 aromatic rings. The summed E-state index contributed by atoms with van der Waals surface area (Å²) in [5.74, 6) is -0.308. The largest absolute Gasteiger partial charge is 0.399 e. The standard InChI is InChI=1S/C11H18N4O3S/c1-19(17,18)15-6-2-5-14-11(16)9-4-3-8(12)7-10(9)13/h3-4,7,15H,2,5-6,12-13H2,1H3,(H,14,16). The van der Waals surface area contributed by atoms with Crippen molar-refractivity contribution in [3.8, 4) is 0 Å². The van der Waals surface area contributed by atoms with Crippen molar-refractivity contribution in [3.05, 3.63) is 23.8 Å². The van der Waals surface area contributed by atoms with Crippen LogP contribution in [-0.4, -0.2) is 33.7 Å². The van der Waals surface area contributed by atoms with E-state index in [0.29, 0.717) is 29.9 Å². The van der Waals surface area contributed by atoms with Crippen molar-refractivity contribution in [1.82, 2.24) is 10.0 Å². The van der Waals surface area contributed by atoms with Gasteiger partial charge < -0.3 is 16.8 Å². The van der Waals surface area contributed by atoms with Gasteiger partial charge in [0.05, 0.1) is 11.8 Å². The molecule has 7 nitrogen and oxygen atoms in total. The third-order valence-corrected chi connectivity index (χ3v) is 3.05. The first-order chi connectivity index (χ1) is 8.79. The van der Waals surface area contributed by atoms with E-state index in [4.69, 9.17) is 11.5 Å². The van der Waals surface area contributed by atoms with E-state index in [2.05, 4.69) is 10.0 Å². The zero-order valence-electron chi connectivity index (χ0n) is 10.6. The van der Waals surface area contributed by atoms with Crippen molar-refractivity contribution in [2.45, 2.75) is 6.42 Å². The number of benzene rings is 1. The molecule has 0 aromatic heterocycles. The number of carbonyl (C=O) groups excluding carboxylic acids is 1. The molecule has 0 saturated heterocycles. The van der Waals surface area contributed by atoms with E-state index >= 15 is 0 Å². The Labute approximate surface area is 112 Å². The summed E-state index contributed by atoms with van der Waals surface area (Å²) in [6.45, 7) is 0.626. The summed E-state index contributed by atoms with van der Waals surface area (Å²) >= 11 is 0. The van der Waals surface area contributed by atoms with Gasteiger partial charge in [0, 0.05) is 24.5 Å². The van der Waals surface area contributed by atoms with Crippen LogP contribution in [0.3, 0.4) is 0 Å². The van der Waals surface area contributed by atoms with Crippen LogP contribution >= 0.6 is 0 Å². The Morgan fingerprint density at radius 1 is 1.26 bits per heavy atom. The lowest BCUT2D eigenvalue weighted by Gasteiger charge is -2.08. The fraction of sp³-hybridized carbons (Fsp3) is 0.364. The summed E-state index contributed by atoms with van der Waals surface area (Å²) in [5.41, 5.74) is 12.4. The van der Waals surface area contributed by atoms with Gasteiger partial charge in [-0.05, 0) is 24.6 Å². The lowest BCUT2D eigenvalue weighted by molar-refractivity contribution is 0.0954. The van der Waals surface area contributed by atoms with Crippen LogP contribution in [-0.2, 0) is 10.0 Å². The number of rotatable bonds is 6. The molecular weight excluding hydrogens is 268 g/mol. The Morgan fingerprint density at radius 2 is 1.95 bits per heavy atom. The van der Waals surface area contributed by atoms with Crippen LogP contribution in [0.2, 0.25) is 0 Å². The van der Waals surface area contributed by atoms with Gasteiger partial charge in [-0.15, -0.1) is 0 Å². The molecule has 1 amide bonds. The molecule has 1 rings (SSSR count). The zero-order valence-corrected chi connectivity index (χ0v) is 11.5. The molecule has 0 radical (unpaired) electrons. The van der Waals surface area contributed by atoms with Gasteiger partial charge in [0.15, 0.2) is 0 Å². The molecule has 1 aromatic carbocycles. The number of anilines is 2. The summed E-state index contributed by atoms with van der Waals surface area (Å²) < 4.78 is 23.9. The van der Waals surface area contributed by atoms with E-state index in [1.807, 2.05) is 0 Å². The Bertz CT molecular complexity index is 557. The Kier molecular flexibility index (Phi) is 5.13. The van der Waals surface area contributed by atoms with E-state index < -0.39 is 10.0 Å². The summed E-state index contributed by atoms with van der Waals surface area (Å²) in [6.07, 6.45) is 1.58. The highest BCUT2D eigenvalue weighted by Crippen LogP contribution is 2.15. The van der Waals surface area contributed by atoms with Crippen LogP contribution in [0.1, 0.15) is 16.8 Å². The van der Waals surface area contributed by atoms with Gasteiger partial charge >= 0.3 is 0 Å². The SMILES string of the molecule is CS(=O)(=O)NCCCNC(=O)c1ccc(N)cc1N. The topological polar surface area (TPSA) is 127 Å². The molecule has 0 saturated carbocycles. The predicted molar refractivity (Wildman–Crippen MR) is 75.1 cm³/mol. The Hall–Kier alpha value is -1.80. The van der Waals surface area contributed by atoms with Gasteiger partial charge in [-0.2, -0.15) is 0 Å². The number of nitrogens with two attached hydrogens (primary N) is 2. The number of hydrogen-bond donors (Lipinski definition) is 4. The lowest BCUT2D eigenvalue weighted by Crippen LogP contribution is -2.29. The summed E-state index contributed by atoms with van der Waals surface area (Å²) in [7, 11) is -3.19. The Morgan fingerprint density at radius 3 is 2.53 bits per heavy atom. The summed E-state index contributed by atoms with van der Waals surface area (Å²) in [4.78, 5) is 11.8. The van der Waals surface area contributed by atoms with E-state index in [-0.39, 0.29) is 12.5 Å². The first-order valence-corrected chi connectivity index (χ1v) is 7.56. The van der Waals surface area contributed by atoms with Crippen molar-refractivity contribution >= 4 is 27.3 Å². The molecule has 0 aliphatic carbocycles. The molecule has 0 unspecified atom stereocenters. The van der Waals surface area contributed by atoms with Crippen molar-refractivity contribution < 1.29 is 13.2 Å². The smallest absolute Gasteiger partial charge is 0.253 e. The molecule has 0 aliphatic heterocycles. The third kappa shape index (κ3) is 5.58. The molecule has 19 heavy (non-hydrogen) atoms. The number of carbonyl (C=O) groups is 1. The monoisotopic (exact) mass is 286 g/mol. The number of hydrogen-bond acceptors (Lipinski definition) is 5. The highest BCUT2D eigenvalue weighted by Gasteiger charge is 2.09. The number of nitrogens with one attached hydrogen (secondary N) is 2. The summed E-state index contributed by atoms with van der Waals surface area (Å²) in [5, 5.41) is 2.65. The molecule has 0 bridgehead atoms. The minimum absolute atomic E-state index is 0.274. The average molecular weight is 286 g/mol. The quantitative estimate of drug-likeness (QED) is 0.415. The fourth-order valence-electron chi connectivity index (χ4n) is 1.43. The van der Waals surface area contributed by atoms with Crippen LogP contribution in [0.25, 0.3) is 0 Å². The maximum atomic E-state index is 11.8. The van der Waals surface area contributed by atoms with Crippen molar-refractivity contribution in [3.63, 3.8) is 0 Å². The second-order valence-electron chi connectivity index (χ2n) is 4.12. The highest BCUT2D eigenvalue weighted by atomic mass is 32.2. The van der Waals surface area contributed by atoms with Gasteiger partial charge in [0.2, 0.25) is 10.0 Å². The van der Waals surface area contributed by atoms with Crippen LogP contribution in [0.4, 0.5) is 11.4 Å². The van der Waals surface area contributed by atoms with Crippen molar-refractivity contribution in [1.29, 1.82) is 0 Å². The molecule has 106 valence electrons. The number of sulfonamides is 1. The van der Waals surface area contributed by atoms with E-state index in [0.717, 1.165) is 6.26 Å². The number of amides is 1. The molecule has 8 heteroatoms. The highest BCUT2D eigenvalue weighted by molar-refractivity contribution is 7.88. The fourth-order valence-corrected chi connectivity index (χ4v) is 1.95. The van der Waals surface area contributed by atoms with Gasteiger partial charge in [-0.3, -0.25) is 4.79 Å². The molecule has 0 spiro atoms. The normalized spacial score (nSPS) is 11.2. The van der Waals surface area contributed by atoms with Crippen molar-refractivity contribution in [2.24, 2.45) is 0 Å². The molecular formula is C11H18N4O3S. The van der Waals surface area contributed by atoms with Crippen LogP contribution < -0.4 is 21.5 Å². The van der Waals surface area contributed by atoms with Crippen LogP contribution in [0, 0.1) is 0 Å². The molecule has 6 N–H and O–H groups in total. The summed E-state index contributed by atoms with van der Waals surface area (Å²) in [6, 6.07) is 4.66. The predicted octanol–water partition coefficient (Wildman–Crippen LogP) is -0.480. The average Bonchev–Trinajstić information content (AvgIpc) is 2.26. The minimum atomic E-state index is -3.19. The Balaban J connectivity index is 2.39. The molecule has 0 atom stereocenters. The van der Waals surface area contributed by atoms with Gasteiger partial charge in [-0.1, -0.05) is 0 Å². The second-order valence-corrected chi connectivity index (χ2v) is 5.96. The molecule has 0 fully saturated rings. The molecule has 0 aliphatic rings. The first kappa shape index (κ1) is 15.3. The van der Waals surface area contributed by atoms with Gasteiger partial charge in [0.1, 0.15) is 0 Å². The van der Waals surface area contributed by atoms with Crippen molar-refractivity contribution in [2.75, 3.05) is 30.8 Å². The maximum Gasteiger partial charge on any atom is 0.253 e. The maximum absolute atomic E-state index is 11.8. The van der Waals surface area contributed by atoms with E-state index in [1.165, 1.54) is 6.07 Å². The first-order valence-electron chi connectivity index (χ1n) is 5.67. The minimum Gasteiger partial charge on any atom is -0.399 e. The molecule has 0 heterocycles. The zero-order chi connectivity index (χ0) is 14.5. The number of nitrogen functional groups attached to an aromatic ring is 2.